The molecule has 0 aromatic carbocycles. The molecule has 2 aliphatic rings. The molecule has 104 valence electrons. The van der Waals surface area contributed by atoms with Crippen LogP contribution in [0.3, 0.4) is 0 Å². The quantitative estimate of drug-likeness (QED) is 0.829. The van der Waals surface area contributed by atoms with Gasteiger partial charge in [-0.15, -0.1) is 0 Å². The number of aromatic nitrogens is 1. The molecule has 0 radical (unpaired) electrons. The maximum Gasteiger partial charge on any atom is 0.217 e. The van der Waals surface area contributed by atoms with Crippen LogP contribution in [0.4, 0.5) is 0 Å². The summed E-state index contributed by atoms with van der Waals surface area (Å²) in [5.74, 6) is 1.29. The molecule has 3 rings (SSSR count). The second-order valence-corrected chi connectivity index (χ2v) is 5.57. The summed E-state index contributed by atoms with van der Waals surface area (Å²) in [6.45, 7) is 5.78. The number of rotatable bonds is 4. The number of ether oxygens (including phenoxy) is 2. The van der Waals surface area contributed by atoms with Gasteiger partial charge in [-0.1, -0.05) is 13.0 Å². The number of nitrogens with zero attached hydrogens (tertiary/aromatic N) is 2. The normalized spacial score (nSPS) is 24.4. The van der Waals surface area contributed by atoms with Crippen LogP contribution in [0, 0.1) is 0 Å². The van der Waals surface area contributed by atoms with Gasteiger partial charge in [-0.3, -0.25) is 4.90 Å². The smallest absolute Gasteiger partial charge is 0.217 e. The number of likely N-dealkylation sites (N-methyl/N-ethyl adjacent to an activating group) is 1. The Morgan fingerprint density at radius 1 is 1.42 bits per heavy atom. The van der Waals surface area contributed by atoms with Gasteiger partial charge in [-0.05, 0) is 26.0 Å². The Hall–Kier alpha value is -1.13. The minimum atomic E-state index is 0.297. The summed E-state index contributed by atoms with van der Waals surface area (Å²) >= 11 is 0. The molecule has 4 heteroatoms. The highest BCUT2D eigenvalue weighted by Gasteiger charge is 2.28. The Bertz CT molecular complexity index is 438. The third-order valence-electron chi connectivity index (χ3n) is 3.99. The Morgan fingerprint density at radius 3 is 2.89 bits per heavy atom. The zero-order valence-electron chi connectivity index (χ0n) is 11.8. The van der Waals surface area contributed by atoms with Crippen molar-refractivity contribution in [2.75, 3.05) is 33.4 Å². The van der Waals surface area contributed by atoms with Crippen LogP contribution in [-0.4, -0.2) is 49.3 Å². The lowest BCUT2D eigenvalue weighted by Gasteiger charge is -2.36. The van der Waals surface area contributed by atoms with Crippen molar-refractivity contribution in [3.8, 4) is 5.88 Å². The highest BCUT2D eigenvalue weighted by atomic mass is 16.5. The first-order chi connectivity index (χ1) is 9.26. The van der Waals surface area contributed by atoms with Crippen molar-refractivity contribution >= 4 is 0 Å². The predicted octanol–water partition coefficient (Wildman–Crippen LogP) is 1.84. The van der Waals surface area contributed by atoms with E-state index >= 15 is 0 Å². The van der Waals surface area contributed by atoms with E-state index in [2.05, 4.69) is 36.0 Å². The average molecular weight is 262 g/mol. The molecule has 1 aromatic rings. The minimum absolute atomic E-state index is 0.297. The van der Waals surface area contributed by atoms with E-state index in [-0.39, 0.29) is 0 Å². The van der Waals surface area contributed by atoms with Gasteiger partial charge in [0.25, 0.3) is 0 Å². The highest BCUT2D eigenvalue weighted by molar-refractivity contribution is 5.33. The Balaban J connectivity index is 1.80. The molecule has 0 N–H and O–H groups in total. The minimum Gasteiger partial charge on any atom is -0.471 e. The molecule has 0 amide bonds. The predicted molar refractivity (Wildman–Crippen MR) is 73.7 cm³/mol. The molecule has 0 aliphatic carbocycles. The second-order valence-electron chi connectivity index (χ2n) is 5.57. The van der Waals surface area contributed by atoms with Gasteiger partial charge in [0.15, 0.2) is 0 Å². The van der Waals surface area contributed by atoms with Crippen molar-refractivity contribution in [2.24, 2.45) is 0 Å². The van der Waals surface area contributed by atoms with E-state index in [1.165, 1.54) is 5.56 Å². The summed E-state index contributed by atoms with van der Waals surface area (Å²) in [7, 11) is 2.11. The third-order valence-corrected chi connectivity index (χ3v) is 3.99. The molecule has 1 aromatic heterocycles. The van der Waals surface area contributed by atoms with Crippen LogP contribution >= 0.6 is 0 Å². The molecular formula is C15H22N2O2. The summed E-state index contributed by atoms with van der Waals surface area (Å²) in [6, 6.07) is 4.30. The molecule has 1 unspecified atom stereocenters. The van der Waals surface area contributed by atoms with Crippen molar-refractivity contribution in [1.29, 1.82) is 0 Å². The second kappa shape index (κ2) is 5.47. The largest absolute Gasteiger partial charge is 0.471 e. The Labute approximate surface area is 114 Å². The third kappa shape index (κ3) is 2.74. The molecule has 0 saturated carbocycles. The van der Waals surface area contributed by atoms with E-state index in [0.717, 1.165) is 50.7 Å². The van der Waals surface area contributed by atoms with Gasteiger partial charge in [0.1, 0.15) is 6.10 Å². The van der Waals surface area contributed by atoms with Crippen LogP contribution in [0.2, 0.25) is 0 Å². The molecule has 3 heterocycles. The van der Waals surface area contributed by atoms with Crippen LogP contribution in [0.25, 0.3) is 0 Å². The van der Waals surface area contributed by atoms with Crippen molar-refractivity contribution in [3.63, 3.8) is 0 Å². The van der Waals surface area contributed by atoms with Crippen LogP contribution in [0.5, 0.6) is 5.88 Å². The molecule has 19 heavy (non-hydrogen) atoms. The monoisotopic (exact) mass is 262 g/mol. The molecule has 2 fully saturated rings. The fourth-order valence-electron chi connectivity index (χ4n) is 2.75. The van der Waals surface area contributed by atoms with Crippen molar-refractivity contribution in [1.82, 2.24) is 9.88 Å². The van der Waals surface area contributed by atoms with Crippen molar-refractivity contribution in [2.45, 2.75) is 31.8 Å². The van der Waals surface area contributed by atoms with Crippen molar-refractivity contribution < 1.29 is 9.47 Å². The first-order valence-corrected chi connectivity index (χ1v) is 7.19. The van der Waals surface area contributed by atoms with E-state index in [9.17, 15) is 0 Å². The first kappa shape index (κ1) is 12.9. The molecule has 4 nitrogen and oxygen atoms in total. The Morgan fingerprint density at radius 2 is 2.26 bits per heavy atom. The SMILES string of the molecule is CCc1ccc(C2CCOC2)c(OC2CN(C)C2)n1. The molecule has 1 atom stereocenters. The van der Waals surface area contributed by atoms with E-state index in [4.69, 9.17) is 9.47 Å². The zero-order valence-corrected chi connectivity index (χ0v) is 11.8. The topological polar surface area (TPSA) is 34.6 Å². The lowest BCUT2D eigenvalue weighted by molar-refractivity contribution is 0.0343. The maximum absolute atomic E-state index is 6.10. The fourth-order valence-corrected chi connectivity index (χ4v) is 2.75. The standard InChI is InChI=1S/C15H22N2O2/c1-3-12-4-5-14(11-6-7-18-10-11)15(16-12)19-13-8-17(2)9-13/h4-5,11,13H,3,6-10H2,1-2H3. The fraction of sp³-hybridized carbons (Fsp3) is 0.667. The van der Waals surface area contributed by atoms with Gasteiger partial charge in [-0.2, -0.15) is 0 Å². The van der Waals surface area contributed by atoms with Crippen LogP contribution in [0.1, 0.15) is 30.5 Å². The van der Waals surface area contributed by atoms with Gasteiger partial charge < -0.3 is 9.47 Å². The van der Waals surface area contributed by atoms with E-state index in [1.807, 2.05) is 0 Å². The van der Waals surface area contributed by atoms with Gasteiger partial charge in [0, 0.05) is 36.9 Å². The number of hydrogen-bond donors (Lipinski definition) is 0. The molecular weight excluding hydrogens is 240 g/mol. The zero-order chi connectivity index (χ0) is 13.2. The summed E-state index contributed by atoms with van der Waals surface area (Å²) in [5.41, 5.74) is 2.33. The first-order valence-electron chi connectivity index (χ1n) is 7.19. The molecule has 2 saturated heterocycles. The van der Waals surface area contributed by atoms with E-state index in [1.54, 1.807) is 0 Å². The van der Waals surface area contributed by atoms with E-state index in [0.29, 0.717) is 12.0 Å². The van der Waals surface area contributed by atoms with Gasteiger partial charge >= 0.3 is 0 Å². The highest BCUT2D eigenvalue weighted by Crippen LogP contribution is 2.32. The number of hydrogen-bond acceptors (Lipinski definition) is 4. The molecule has 2 aliphatic heterocycles. The lowest BCUT2D eigenvalue weighted by Crippen LogP contribution is -2.51. The lowest BCUT2D eigenvalue weighted by atomic mass is 9.99. The number of aryl methyl sites for hydroxylation is 1. The maximum atomic E-state index is 6.10. The molecule has 0 spiro atoms. The van der Waals surface area contributed by atoms with Crippen LogP contribution in [0.15, 0.2) is 12.1 Å². The van der Waals surface area contributed by atoms with Gasteiger partial charge in [-0.25, -0.2) is 4.98 Å². The van der Waals surface area contributed by atoms with Crippen LogP contribution in [-0.2, 0) is 11.2 Å². The average Bonchev–Trinajstić information content (AvgIpc) is 2.90. The molecule has 0 bridgehead atoms. The van der Waals surface area contributed by atoms with Gasteiger partial charge in [0.05, 0.1) is 6.61 Å². The number of likely N-dealkylation sites (tertiary alicyclic amines) is 1. The summed E-state index contributed by atoms with van der Waals surface area (Å²) in [5, 5.41) is 0. The summed E-state index contributed by atoms with van der Waals surface area (Å²) in [6.07, 6.45) is 2.32. The summed E-state index contributed by atoms with van der Waals surface area (Å²) in [4.78, 5) is 6.94. The van der Waals surface area contributed by atoms with Crippen LogP contribution < -0.4 is 4.74 Å². The number of pyridine rings is 1. The van der Waals surface area contributed by atoms with Crippen molar-refractivity contribution in [3.05, 3.63) is 23.4 Å². The summed E-state index contributed by atoms with van der Waals surface area (Å²) < 4.78 is 11.6. The van der Waals surface area contributed by atoms with Gasteiger partial charge in [0.2, 0.25) is 5.88 Å². The Kier molecular flexibility index (Phi) is 3.71. The van der Waals surface area contributed by atoms with E-state index < -0.39 is 0 Å².